The molecule has 0 aromatic heterocycles. The summed E-state index contributed by atoms with van der Waals surface area (Å²) in [5, 5.41) is 0. The molecule has 1 aliphatic rings. The van der Waals surface area contributed by atoms with E-state index in [9.17, 15) is 4.39 Å². The quantitative estimate of drug-likeness (QED) is 0.389. The zero-order valence-corrected chi connectivity index (χ0v) is 18.4. The molecule has 1 saturated carbocycles. The van der Waals surface area contributed by atoms with Gasteiger partial charge in [-0.15, -0.1) is 0 Å². The van der Waals surface area contributed by atoms with Crippen LogP contribution in [0.4, 0.5) is 4.39 Å². The minimum absolute atomic E-state index is 0.125. The molecule has 158 valence electrons. The molecular weight excluding hydrogens is 359 g/mol. The van der Waals surface area contributed by atoms with Gasteiger partial charge in [0.05, 0.1) is 7.11 Å². The molecule has 0 N–H and O–H groups in total. The predicted molar refractivity (Wildman–Crippen MR) is 121 cm³/mol. The molecule has 0 spiro atoms. The Morgan fingerprint density at radius 2 is 1.72 bits per heavy atom. The Labute approximate surface area is 176 Å². The SMILES string of the molecule is CCCCCC1CCC(C(C)Cc2ccc(-c3ccc(OC)cc3)c(F)c2)CC1. The Balaban J connectivity index is 1.54. The maximum absolute atomic E-state index is 14.8. The second-order valence-corrected chi connectivity index (χ2v) is 9.00. The lowest BCUT2D eigenvalue weighted by atomic mass is 9.73. The van der Waals surface area contributed by atoms with Crippen LogP contribution in [0.15, 0.2) is 42.5 Å². The van der Waals surface area contributed by atoms with Gasteiger partial charge in [0, 0.05) is 5.56 Å². The van der Waals surface area contributed by atoms with Crippen molar-refractivity contribution in [3.63, 3.8) is 0 Å². The minimum atomic E-state index is -0.125. The van der Waals surface area contributed by atoms with Crippen LogP contribution in [-0.4, -0.2) is 7.11 Å². The van der Waals surface area contributed by atoms with E-state index in [0.29, 0.717) is 11.5 Å². The molecule has 1 atom stereocenters. The van der Waals surface area contributed by atoms with E-state index in [2.05, 4.69) is 19.9 Å². The van der Waals surface area contributed by atoms with E-state index in [1.165, 1.54) is 51.4 Å². The molecule has 0 saturated heterocycles. The third-order valence-electron chi connectivity index (χ3n) is 6.90. The van der Waals surface area contributed by atoms with E-state index < -0.39 is 0 Å². The molecule has 2 heteroatoms. The first-order chi connectivity index (χ1) is 14.1. The Morgan fingerprint density at radius 1 is 1.00 bits per heavy atom. The van der Waals surface area contributed by atoms with Crippen LogP contribution in [0.3, 0.4) is 0 Å². The molecule has 2 aromatic rings. The van der Waals surface area contributed by atoms with Crippen molar-refractivity contribution in [3.05, 3.63) is 53.8 Å². The van der Waals surface area contributed by atoms with Crippen LogP contribution in [0.25, 0.3) is 11.1 Å². The summed E-state index contributed by atoms with van der Waals surface area (Å²) >= 11 is 0. The Bertz CT molecular complexity index is 744. The van der Waals surface area contributed by atoms with Gasteiger partial charge in [-0.2, -0.15) is 0 Å². The molecule has 1 fully saturated rings. The number of halogens is 1. The molecule has 0 heterocycles. The summed E-state index contributed by atoms with van der Waals surface area (Å²) < 4.78 is 20.0. The highest BCUT2D eigenvalue weighted by molar-refractivity contribution is 5.65. The van der Waals surface area contributed by atoms with E-state index >= 15 is 0 Å². The summed E-state index contributed by atoms with van der Waals surface area (Å²) in [7, 11) is 1.64. The van der Waals surface area contributed by atoms with E-state index in [-0.39, 0.29) is 5.82 Å². The summed E-state index contributed by atoms with van der Waals surface area (Å²) in [5.41, 5.74) is 2.68. The average Bonchev–Trinajstić information content (AvgIpc) is 2.75. The molecule has 0 bridgehead atoms. The number of rotatable bonds is 9. The molecule has 1 aliphatic carbocycles. The van der Waals surface area contributed by atoms with Gasteiger partial charge in [0.15, 0.2) is 0 Å². The van der Waals surface area contributed by atoms with Crippen molar-refractivity contribution in [1.82, 2.24) is 0 Å². The number of methoxy groups -OCH3 is 1. The number of ether oxygens (including phenoxy) is 1. The van der Waals surface area contributed by atoms with Gasteiger partial charge in [0.1, 0.15) is 11.6 Å². The van der Waals surface area contributed by atoms with E-state index in [1.54, 1.807) is 13.2 Å². The highest BCUT2D eigenvalue weighted by atomic mass is 19.1. The van der Waals surface area contributed by atoms with Crippen LogP contribution in [0.5, 0.6) is 5.75 Å². The van der Waals surface area contributed by atoms with Crippen molar-refractivity contribution in [1.29, 1.82) is 0 Å². The lowest BCUT2D eigenvalue weighted by Crippen LogP contribution is -2.21. The van der Waals surface area contributed by atoms with E-state index in [4.69, 9.17) is 4.74 Å². The van der Waals surface area contributed by atoms with Gasteiger partial charge in [-0.05, 0) is 66.3 Å². The molecule has 0 aliphatic heterocycles. The Hall–Kier alpha value is -1.83. The van der Waals surface area contributed by atoms with Crippen molar-refractivity contribution >= 4 is 0 Å². The molecule has 29 heavy (non-hydrogen) atoms. The van der Waals surface area contributed by atoms with Crippen molar-refractivity contribution < 1.29 is 9.13 Å². The lowest BCUT2D eigenvalue weighted by molar-refractivity contribution is 0.204. The van der Waals surface area contributed by atoms with Crippen LogP contribution in [-0.2, 0) is 6.42 Å². The van der Waals surface area contributed by atoms with Crippen molar-refractivity contribution in [2.75, 3.05) is 7.11 Å². The van der Waals surface area contributed by atoms with Crippen LogP contribution < -0.4 is 4.74 Å². The van der Waals surface area contributed by atoms with Gasteiger partial charge < -0.3 is 4.74 Å². The predicted octanol–water partition coefficient (Wildman–Crippen LogP) is 8.07. The van der Waals surface area contributed by atoms with Gasteiger partial charge >= 0.3 is 0 Å². The Morgan fingerprint density at radius 3 is 2.34 bits per heavy atom. The van der Waals surface area contributed by atoms with Crippen LogP contribution in [0.1, 0.15) is 70.8 Å². The van der Waals surface area contributed by atoms with E-state index in [0.717, 1.165) is 35.1 Å². The van der Waals surface area contributed by atoms with Gasteiger partial charge in [0.25, 0.3) is 0 Å². The smallest absolute Gasteiger partial charge is 0.131 e. The maximum atomic E-state index is 14.8. The summed E-state index contributed by atoms with van der Waals surface area (Å²) in [6, 6.07) is 13.4. The minimum Gasteiger partial charge on any atom is -0.497 e. The zero-order chi connectivity index (χ0) is 20.6. The molecule has 1 unspecified atom stereocenters. The third kappa shape index (κ3) is 6.07. The van der Waals surface area contributed by atoms with Gasteiger partial charge in [0.2, 0.25) is 0 Å². The normalized spacial score (nSPS) is 20.4. The second-order valence-electron chi connectivity index (χ2n) is 9.00. The highest BCUT2D eigenvalue weighted by Gasteiger charge is 2.25. The topological polar surface area (TPSA) is 9.23 Å². The molecule has 3 rings (SSSR count). The molecule has 0 amide bonds. The summed E-state index contributed by atoms with van der Waals surface area (Å²) in [4.78, 5) is 0. The molecule has 2 aromatic carbocycles. The summed E-state index contributed by atoms with van der Waals surface area (Å²) in [5.74, 6) is 3.03. The number of hydrogen-bond acceptors (Lipinski definition) is 1. The number of benzene rings is 2. The fourth-order valence-electron chi connectivity index (χ4n) is 4.96. The van der Waals surface area contributed by atoms with Crippen molar-refractivity contribution in [2.45, 2.75) is 71.6 Å². The van der Waals surface area contributed by atoms with Gasteiger partial charge in [-0.1, -0.05) is 76.6 Å². The van der Waals surface area contributed by atoms with Crippen LogP contribution in [0, 0.1) is 23.6 Å². The average molecular weight is 397 g/mol. The molecule has 0 radical (unpaired) electrons. The number of hydrogen-bond donors (Lipinski definition) is 0. The van der Waals surface area contributed by atoms with Gasteiger partial charge in [-0.3, -0.25) is 0 Å². The first-order valence-corrected chi connectivity index (χ1v) is 11.5. The van der Waals surface area contributed by atoms with Crippen molar-refractivity contribution in [2.24, 2.45) is 17.8 Å². The fraction of sp³-hybridized carbons (Fsp3) is 0.556. The lowest BCUT2D eigenvalue weighted by Gasteiger charge is -2.32. The third-order valence-corrected chi connectivity index (χ3v) is 6.90. The highest BCUT2D eigenvalue weighted by Crippen LogP contribution is 2.37. The van der Waals surface area contributed by atoms with Crippen LogP contribution in [0.2, 0.25) is 0 Å². The summed E-state index contributed by atoms with van der Waals surface area (Å²) in [6.07, 6.45) is 12.0. The largest absolute Gasteiger partial charge is 0.497 e. The first-order valence-electron chi connectivity index (χ1n) is 11.5. The van der Waals surface area contributed by atoms with Crippen molar-refractivity contribution in [3.8, 4) is 16.9 Å². The Kier molecular flexibility index (Phi) is 8.15. The van der Waals surface area contributed by atoms with E-state index in [1.807, 2.05) is 30.3 Å². The first kappa shape index (κ1) is 21.9. The summed E-state index contributed by atoms with van der Waals surface area (Å²) in [6.45, 7) is 4.64. The van der Waals surface area contributed by atoms with Crippen LogP contribution >= 0.6 is 0 Å². The zero-order valence-electron chi connectivity index (χ0n) is 18.4. The molecular formula is C27H37FO. The standard InChI is InChI=1S/C27H37FO/c1-4-5-6-7-21-8-11-23(12-9-21)20(2)18-22-10-17-26(27(28)19-22)24-13-15-25(29-3)16-14-24/h10,13-17,19-21,23H,4-9,11-12,18H2,1-3H3. The maximum Gasteiger partial charge on any atom is 0.131 e. The molecule has 1 nitrogen and oxygen atoms in total. The fourth-order valence-corrected chi connectivity index (χ4v) is 4.96. The monoisotopic (exact) mass is 396 g/mol. The number of unbranched alkanes of at least 4 members (excludes halogenated alkanes) is 2. The van der Waals surface area contributed by atoms with Gasteiger partial charge in [-0.25, -0.2) is 4.39 Å². The second kappa shape index (κ2) is 10.8.